The van der Waals surface area contributed by atoms with E-state index in [1.165, 1.54) is 4.90 Å². The lowest BCUT2D eigenvalue weighted by Crippen LogP contribution is -2.59. The van der Waals surface area contributed by atoms with Crippen molar-refractivity contribution in [3.63, 3.8) is 0 Å². The third-order valence-corrected chi connectivity index (χ3v) is 8.53. The van der Waals surface area contributed by atoms with Gasteiger partial charge in [-0.25, -0.2) is 0 Å². The second-order valence-corrected chi connectivity index (χ2v) is 10.4. The van der Waals surface area contributed by atoms with E-state index in [2.05, 4.69) is 0 Å². The van der Waals surface area contributed by atoms with Crippen LogP contribution >= 0.6 is 0 Å². The molecule has 2 saturated heterocycles. The van der Waals surface area contributed by atoms with Gasteiger partial charge >= 0.3 is 0 Å². The Hall–Kier alpha value is -3.17. The van der Waals surface area contributed by atoms with Crippen molar-refractivity contribution in [2.45, 2.75) is 44.1 Å². The lowest BCUT2D eigenvalue weighted by atomic mass is 9.77. The highest BCUT2D eigenvalue weighted by Crippen LogP contribution is 2.54. The predicted octanol–water partition coefficient (Wildman–Crippen LogP) is 1.61. The molecule has 1 aromatic rings. The van der Waals surface area contributed by atoms with Crippen LogP contribution in [0.3, 0.4) is 0 Å². The lowest BCUT2D eigenvalue weighted by molar-refractivity contribution is -0.147. The first-order valence-electron chi connectivity index (χ1n) is 12.9. The average Bonchev–Trinajstić information content (AvgIpc) is 3.23. The molecular weight excluding hydrogens is 474 g/mol. The maximum Gasteiger partial charge on any atom is 0.253 e. The van der Waals surface area contributed by atoms with E-state index in [1.807, 2.05) is 38.2 Å². The van der Waals surface area contributed by atoms with E-state index in [1.54, 1.807) is 48.2 Å². The van der Waals surface area contributed by atoms with Gasteiger partial charge < -0.3 is 29.3 Å². The Morgan fingerprint density at radius 3 is 2.49 bits per heavy atom. The molecule has 198 valence electrons. The van der Waals surface area contributed by atoms with Crippen LogP contribution in [0.1, 0.15) is 20.3 Å². The summed E-state index contributed by atoms with van der Waals surface area (Å²) in [6.45, 7) is 4.38. The molecule has 5 rings (SSSR count). The third kappa shape index (κ3) is 3.78. The number of carbonyl (C=O) groups excluding carboxylic acids is 3. The number of rotatable bonds is 6. The van der Waals surface area contributed by atoms with Crippen molar-refractivity contribution in [1.29, 1.82) is 0 Å². The maximum atomic E-state index is 14.4. The summed E-state index contributed by atoms with van der Waals surface area (Å²) in [5.74, 6) is -1.80. The summed E-state index contributed by atoms with van der Waals surface area (Å²) < 4.78 is 11.9. The number of likely N-dealkylation sites (tertiary alicyclic amines) is 1. The molecule has 9 heteroatoms. The molecule has 7 atom stereocenters. The van der Waals surface area contributed by atoms with Crippen molar-refractivity contribution in [3.05, 3.63) is 48.6 Å². The molecule has 0 radical (unpaired) electrons. The van der Waals surface area contributed by atoms with Crippen molar-refractivity contribution >= 4 is 23.4 Å². The molecule has 37 heavy (non-hydrogen) atoms. The van der Waals surface area contributed by atoms with Crippen LogP contribution < -0.4 is 9.64 Å². The average molecular weight is 510 g/mol. The molecule has 2 fully saturated rings. The topological polar surface area (TPSA) is 99.6 Å². The summed E-state index contributed by atoms with van der Waals surface area (Å²) in [6, 6.07) is 5.57. The smallest absolute Gasteiger partial charge is 0.253 e. The number of hydrogen-bond acceptors (Lipinski definition) is 6. The minimum atomic E-state index is -1.32. The van der Waals surface area contributed by atoms with Gasteiger partial charge in [-0.05, 0) is 30.2 Å². The number of anilines is 1. The standard InChI is InChI=1S/C28H35N3O6/c1-5-17(2)20(16-32)31-24-27(35)30(18-9-11-19(36-4)12-10-18)15-7-13-28(24)23(26(31)34)22-21(37-28)8-6-14-29(3)25(22)33/h6-13,17,20-24,32H,5,14-16H2,1-4H3/t17-,20-,21-,22+,23-,24?,28-/m0/s1. The van der Waals surface area contributed by atoms with Crippen molar-refractivity contribution in [3.8, 4) is 5.75 Å². The summed E-state index contributed by atoms with van der Waals surface area (Å²) in [5, 5.41) is 10.4. The Balaban J connectivity index is 1.65. The number of ether oxygens (including phenoxy) is 2. The number of nitrogens with zero attached hydrogens (tertiary/aromatic N) is 3. The second-order valence-electron chi connectivity index (χ2n) is 10.4. The van der Waals surface area contributed by atoms with Gasteiger partial charge in [0, 0.05) is 25.8 Å². The number of amides is 3. The molecule has 1 N–H and O–H groups in total. The number of likely N-dealkylation sites (N-methyl/N-ethyl adjacent to an activating group) is 1. The highest BCUT2D eigenvalue weighted by Gasteiger charge is 2.72. The normalized spacial score (nSPS) is 32.6. The summed E-state index contributed by atoms with van der Waals surface area (Å²) in [7, 11) is 3.29. The van der Waals surface area contributed by atoms with Crippen LogP contribution in [0.25, 0.3) is 0 Å². The molecule has 4 aliphatic rings. The lowest BCUT2D eigenvalue weighted by Gasteiger charge is -2.40. The van der Waals surface area contributed by atoms with Gasteiger partial charge in [0.05, 0.1) is 37.7 Å². The van der Waals surface area contributed by atoms with Gasteiger partial charge in [-0.2, -0.15) is 0 Å². The maximum absolute atomic E-state index is 14.4. The van der Waals surface area contributed by atoms with Crippen molar-refractivity contribution in [2.24, 2.45) is 17.8 Å². The molecule has 9 nitrogen and oxygen atoms in total. The van der Waals surface area contributed by atoms with Crippen molar-refractivity contribution in [2.75, 3.05) is 38.8 Å². The Bertz CT molecular complexity index is 1130. The first-order chi connectivity index (χ1) is 17.8. The van der Waals surface area contributed by atoms with Crippen molar-refractivity contribution in [1.82, 2.24) is 9.80 Å². The second kappa shape index (κ2) is 9.61. The Morgan fingerprint density at radius 1 is 1.11 bits per heavy atom. The van der Waals surface area contributed by atoms with Crippen LogP contribution in [0, 0.1) is 17.8 Å². The molecule has 1 aromatic carbocycles. The fourth-order valence-corrected chi connectivity index (χ4v) is 6.37. The molecule has 0 saturated carbocycles. The van der Waals surface area contributed by atoms with E-state index >= 15 is 0 Å². The molecule has 1 spiro atoms. The van der Waals surface area contributed by atoms with E-state index < -0.39 is 35.6 Å². The van der Waals surface area contributed by atoms with Gasteiger partial charge in [-0.15, -0.1) is 0 Å². The Labute approximate surface area is 217 Å². The molecule has 3 amide bonds. The predicted molar refractivity (Wildman–Crippen MR) is 137 cm³/mol. The monoisotopic (exact) mass is 509 g/mol. The highest BCUT2D eigenvalue weighted by atomic mass is 16.5. The number of fused-ring (bicyclic) bond motifs is 2. The van der Waals surface area contributed by atoms with Gasteiger partial charge in [0.2, 0.25) is 11.8 Å². The zero-order valence-electron chi connectivity index (χ0n) is 21.7. The van der Waals surface area contributed by atoms with Crippen LogP contribution in [0.4, 0.5) is 5.69 Å². The minimum absolute atomic E-state index is 0.0671. The summed E-state index contributed by atoms with van der Waals surface area (Å²) >= 11 is 0. The van der Waals surface area contributed by atoms with Crippen molar-refractivity contribution < 1.29 is 29.0 Å². The van der Waals surface area contributed by atoms with Crippen LogP contribution in [-0.2, 0) is 19.1 Å². The molecule has 4 aliphatic heterocycles. The van der Waals surface area contributed by atoms with E-state index in [9.17, 15) is 19.5 Å². The zero-order chi connectivity index (χ0) is 26.5. The number of hydrogen-bond donors (Lipinski definition) is 1. The van der Waals surface area contributed by atoms with Crippen LogP contribution in [0.5, 0.6) is 5.75 Å². The first kappa shape index (κ1) is 25.5. The molecular formula is C28H35N3O6. The first-order valence-corrected chi connectivity index (χ1v) is 12.9. The molecule has 1 unspecified atom stereocenters. The summed E-state index contributed by atoms with van der Waals surface area (Å²) in [4.78, 5) is 47.0. The van der Waals surface area contributed by atoms with E-state index in [4.69, 9.17) is 9.47 Å². The SMILES string of the molecule is CC[C@H](C)[C@H](CO)N1C(=O)[C@@H]2[C@@H]3C(=O)N(C)CC=C[C@@H]3O[C@@]23C=CCN(c2ccc(OC)cc2)C(=O)C13. The Morgan fingerprint density at radius 2 is 1.84 bits per heavy atom. The number of methoxy groups -OCH3 is 1. The summed E-state index contributed by atoms with van der Waals surface area (Å²) in [5.41, 5.74) is -0.653. The van der Waals surface area contributed by atoms with E-state index in [0.29, 0.717) is 24.4 Å². The fourth-order valence-electron chi connectivity index (χ4n) is 6.37. The summed E-state index contributed by atoms with van der Waals surface area (Å²) in [6.07, 6.45) is 7.49. The molecule has 4 heterocycles. The largest absolute Gasteiger partial charge is 0.497 e. The minimum Gasteiger partial charge on any atom is -0.497 e. The van der Waals surface area contributed by atoms with Crippen LogP contribution in [-0.4, -0.2) is 90.3 Å². The quantitative estimate of drug-likeness (QED) is 0.585. The molecule has 0 bridgehead atoms. The van der Waals surface area contributed by atoms with E-state index in [-0.39, 0.29) is 36.8 Å². The highest BCUT2D eigenvalue weighted by molar-refractivity contribution is 6.06. The number of benzene rings is 1. The number of carbonyl (C=O) groups is 3. The van der Waals surface area contributed by atoms with Crippen LogP contribution in [0.2, 0.25) is 0 Å². The number of aliphatic hydroxyl groups is 1. The van der Waals surface area contributed by atoms with Gasteiger partial charge in [0.1, 0.15) is 17.4 Å². The zero-order valence-corrected chi connectivity index (χ0v) is 21.7. The molecule has 0 aromatic heterocycles. The molecule has 0 aliphatic carbocycles. The van der Waals surface area contributed by atoms with Gasteiger partial charge in [0.15, 0.2) is 0 Å². The van der Waals surface area contributed by atoms with Gasteiger partial charge in [-0.3, -0.25) is 14.4 Å². The fraction of sp³-hybridized carbons (Fsp3) is 0.536. The van der Waals surface area contributed by atoms with Gasteiger partial charge in [0.25, 0.3) is 5.91 Å². The third-order valence-electron chi connectivity index (χ3n) is 8.53. The van der Waals surface area contributed by atoms with E-state index in [0.717, 1.165) is 0 Å². The van der Waals surface area contributed by atoms with Crippen LogP contribution in [0.15, 0.2) is 48.6 Å². The number of aliphatic hydroxyl groups excluding tert-OH is 1. The Kier molecular flexibility index (Phi) is 6.62. The van der Waals surface area contributed by atoms with Gasteiger partial charge in [-0.1, -0.05) is 44.6 Å².